The maximum Gasteiger partial charge on any atom is 0.270 e. The zero-order valence-corrected chi connectivity index (χ0v) is 16.7. The molecule has 1 N–H and O–H groups in total. The van der Waals surface area contributed by atoms with E-state index >= 15 is 0 Å². The molecule has 1 saturated heterocycles. The predicted octanol–water partition coefficient (Wildman–Crippen LogP) is 3.39. The molecule has 1 fully saturated rings. The fraction of sp³-hybridized carbons (Fsp3) is 0.286. The lowest BCUT2D eigenvalue weighted by Gasteiger charge is -2.31. The monoisotopic (exact) mass is 416 g/mol. The van der Waals surface area contributed by atoms with Crippen LogP contribution in [-0.4, -0.2) is 49.7 Å². The van der Waals surface area contributed by atoms with E-state index in [0.29, 0.717) is 37.4 Å². The zero-order chi connectivity index (χ0) is 20.6. The van der Waals surface area contributed by atoms with Crippen molar-refractivity contribution < 1.29 is 22.3 Å². The SMILES string of the molecule is COc1ccc2cc(C(=O)N3CCC(S(=O)(=O)c4ccc(F)cc4)CC3)[nH]c2c1. The third kappa shape index (κ3) is 3.72. The van der Waals surface area contributed by atoms with Crippen molar-refractivity contribution in [2.24, 2.45) is 0 Å². The molecule has 6 nitrogen and oxygen atoms in total. The van der Waals surface area contributed by atoms with Crippen molar-refractivity contribution in [3.63, 3.8) is 0 Å². The van der Waals surface area contributed by atoms with Crippen LogP contribution in [0.25, 0.3) is 10.9 Å². The summed E-state index contributed by atoms with van der Waals surface area (Å²) in [6.45, 7) is 0.700. The summed E-state index contributed by atoms with van der Waals surface area (Å²) in [6.07, 6.45) is 0.693. The lowest BCUT2D eigenvalue weighted by Crippen LogP contribution is -2.42. The second-order valence-corrected chi connectivity index (χ2v) is 9.35. The third-order valence-electron chi connectivity index (χ3n) is 5.37. The number of H-pyrrole nitrogens is 1. The number of fused-ring (bicyclic) bond motifs is 1. The van der Waals surface area contributed by atoms with Crippen LogP contribution in [-0.2, 0) is 9.84 Å². The Labute approximate surface area is 168 Å². The number of rotatable bonds is 4. The Morgan fingerprint density at radius 3 is 2.45 bits per heavy atom. The van der Waals surface area contributed by atoms with Gasteiger partial charge in [-0.25, -0.2) is 12.8 Å². The maximum absolute atomic E-state index is 13.1. The van der Waals surface area contributed by atoms with Crippen LogP contribution in [0.1, 0.15) is 23.3 Å². The van der Waals surface area contributed by atoms with E-state index in [1.807, 2.05) is 18.2 Å². The van der Waals surface area contributed by atoms with Gasteiger partial charge in [-0.3, -0.25) is 4.79 Å². The number of piperidine rings is 1. The molecule has 1 aliphatic heterocycles. The predicted molar refractivity (Wildman–Crippen MR) is 107 cm³/mol. The van der Waals surface area contributed by atoms with Crippen molar-refractivity contribution in [1.82, 2.24) is 9.88 Å². The van der Waals surface area contributed by atoms with Crippen molar-refractivity contribution in [2.45, 2.75) is 23.0 Å². The first-order valence-electron chi connectivity index (χ1n) is 9.34. The van der Waals surface area contributed by atoms with Gasteiger partial charge in [0.25, 0.3) is 5.91 Å². The van der Waals surface area contributed by atoms with Gasteiger partial charge < -0.3 is 14.6 Å². The molecule has 152 valence electrons. The van der Waals surface area contributed by atoms with Crippen molar-refractivity contribution in [3.8, 4) is 5.75 Å². The van der Waals surface area contributed by atoms with Gasteiger partial charge in [-0.1, -0.05) is 0 Å². The fourth-order valence-electron chi connectivity index (χ4n) is 3.70. The Balaban J connectivity index is 1.46. The quantitative estimate of drug-likeness (QED) is 0.661. The number of nitrogens with zero attached hydrogens (tertiary/aromatic N) is 1. The number of benzene rings is 2. The summed E-state index contributed by atoms with van der Waals surface area (Å²) in [4.78, 5) is 17.8. The van der Waals surface area contributed by atoms with Gasteiger partial charge in [0.15, 0.2) is 9.84 Å². The number of carbonyl (C=O) groups is 1. The van der Waals surface area contributed by atoms with Crippen LogP contribution in [0.4, 0.5) is 4.39 Å². The molecule has 3 aromatic rings. The van der Waals surface area contributed by atoms with E-state index in [1.165, 1.54) is 12.1 Å². The highest BCUT2D eigenvalue weighted by molar-refractivity contribution is 7.92. The molecule has 1 aliphatic rings. The number of sulfone groups is 1. The highest BCUT2D eigenvalue weighted by atomic mass is 32.2. The number of likely N-dealkylation sites (tertiary alicyclic amines) is 1. The van der Waals surface area contributed by atoms with Gasteiger partial charge in [0.2, 0.25) is 0 Å². The summed E-state index contributed by atoms with van der Waals surface area (Å²) >= 11 is 0. The number of carbonyl (C=O) groups excluding carboxylic acids is 1. The molecule has 1 aromatic heterocycles. The van der Waals surface area contributed by atoms with Crippen molar-refractivity contribution in [2.75, 3.05) is 20.2 Å². The Morgan fingerprint density at radius 1 is 1.10 bits per heavy atom. The molecule has 29 heavy (non-hydrogen) atoms. The van der Waals surface area contributed by atoms with Crippen LogP contribution in [0.5, 0.6) is 5.75 Å². The maximum atomic E-state index is 13.1. The van der Waals surface area contributed by atoms with Crippen LogP contribution in [0.15, 0.2) is 53.4 Å². The standard InChI is InChI=1S/C21H21FN2O4S/c1-28-16-5-2-14-12-20(23-19(14)13-16)21(25)24-10-8-18(9-11-24)29(26,27)17-6-3-15(22)4-7-17/h2-7,12-13,18,23H,8-11H2,1H3. The minimum absolute atomic E-state index is 0.119. The molecule has 0 spiro atoms. The van der Waals surface area contributed by atoms with E-state index in [2.05, 4.69) is 4.98 Å². The first kappa shape index (κ1) is 19.4. The molecule has 0 saturated carbocycles. The van der Waals surface area contributed by atoms with Gasteiger partial charge in [0.05, 0.1) is 17.3 Å². The van der Waals surface area contributed by atoms with Crippen molar-refractivity contribution in [3.05, 3.63) is 60.0 Å². The molecule has 1 amide bonds. The molecule has 0 radical (unpaired) electrons. The van der Waals surface area contributed by atoms with Crippen molar-refractivity contribution in [1.29, 1.82) is 0 Å². The largest absolute Gasteiger partial charge is 0.497 e. The van der Waals surface area contributed by atoms with E-state index in [4.69, 9.17) is 4.74 Å². The lowest BCUT2D eigenvalue weighted by atomic mass is 10.1. The van der Waals surface area contributed by atoms with Crippen LogP contribution in [0.2, 0.25) is 0 Å². The fourth-order valence-corrected chi connectivity index (χ4v) is 5.44. The molecule has 0 aliphatic carbocycles. The van der Waals surface area contributed by atoms with Gasteiger partial charge in [-0.2, -0.15) is 0 Å². The van der Waals surface area contributed by atoms with Crippen LogP contribution >= 0.6 is 0 Å². The highest BCUT2D eigenvalue weighted by Gasteiger charge is 2.33. The molecular formula is C21H21FN2O4S. The summed E-state index contributed by atoms with van der Waals surface area (Å²) < 4.78 is 43.8. The van der Waals surface area contributed by atoms with Gasteiger partial charge in [-0.15, -0.1) is 0 Å². The number of methoxy groups -OCH3 is 1. The normalized spacial score (nSPS) is 15.6. The number of ether oxygens (including phenoxy) is 1. The summed E-state index contributed by atoms with van der Waals surface area (Å²) in [6, 6.07) is 12.2. The first-order valence-corrected chi connectivity index (χ1v) is 10.9. The van der Waals surface area contributed by atoms with Crippen molar-refractivity contribution >= 4 is 26.6 Å². The Bertz CT molecular complexity index is 1150. The molecule has 8 heteroatoms. The topological polar surface area (TPSA) is 79.5 Å². The van der Waals surface area contributed by atoms with Crippen LogP contribution in [0, 0.1) is 5.82 Å². The van der Waals surface area contributed by atoms with Gasteiger partial charge in [-0.05, 0) is 55.3 Å². The number of halogens is 1. The molecular weight excluding hydrogens is 395 g/mol. The third-order valence-corrected chi connectivity index (χ3v) is 7.65. The molecule has 0 atom stereocenters. The Morgan fingerprint density at radius 2 is 1.79 bits per heavy atom. The number of aromatic nitrogens is 1. The second-order valence-electron chi connectivity index (χ2n) is 7.13. The molecule has 2 heterocycles. The Kier molecular flexibility index (Phi) is 5.04. The number of aromatic amines is 1. The summed E-state index contributed by atoms with van der Waals surface area (Å²) in [5.74, 6) is 0.0725. The summed E-state index contributed by atoms with van der Waals surface area (Å²) in [5, 5.41) is 0.326. The number of hydrogen-bond acceptors (Lipinski definition) is 4. The minimum Gasteiger partial charge on any atom is -0.497 e. The summed E-state index contributed by atoms with van der Waals surface area (Å²) in [5.41, 5.74) is 1.27. The van der Waals surface area contributed by atoms with E-state index in [-0.39, 0.29) is 10.8 Å². The van der Waals surface area contributed by atoms with Gasteiger partial charge in [0.1, 0.15) is 17.3 Å². The van der Waals surface area contributed by atoms with E-state index < -0.39 is 20.9 Å². The molecule has 2 aromatic carbocycles. The van der Waals surface area contributed by atoms with E-state index in [0.717, 1.165) is 23.0 Å². The molecule has 0 bridgehead atoms. The minimum atomic E-state index is -3.55. The Hall–Kier alpha value is -2.87. The zero-order valence-electron chi connectivity index (χ0n) is 15.9. The van der Waals surface area contributed by atoms with Gasteiger partial charge >= 0.3 is 0 Å². The van der Waals surface area contributed by atoms with Crippen LogP contribution in [0.3, 0.4) is 0 Å². The van der Waals surface area contributed by atoms with E-state index in [9.17, 15) is 17.6 Å². The van der Waals surface area contributed by atoms with E-state index in [1.54, 1.807) is 18.1 Å². The molecule has 0 unspecified atom stereocenters. The number of amides is 1. The lowest BCUT2D eigenvalue weighted by molar-refractivity contribution is 0.0720. The first-order chi connectivity index (χ1) is 13.9. The van der Waals surface area contributed by atoms with Crippen LogP contribution < -0.4 is 4.74 Å². The number of hydrogen-bond donors (Lipinski definition) is 1. The highest BCUT2D eigenvalue weighted by Crippen LogP contribution is 2.27. The second kappa shape index (κ2) is 7.51. The average Bonchev–Trinajstić information content (AvgIpc) is 3.17. The molecule has 4 rings (SSSR count). The van der Waals surface area contributed by atoms with Gasteiger partial charge in [0, 0.05) is 30.1 Å². The number of nitrogens with one attached hydrogen (secondary N) is 1. The summed E-state index contributed by atoms with van der Waals surface area (Å²) in [7, 11) is -1.96. The smallest absolute Gasteiger partial charge is 0.270 e. The average molecular weight is 416 g/mol.